The van der Waals surface area contributed by atoms with Gasteiger partial charge in [-0.05, 0) is 89.9 Å². The predicted octanol–water partition coefficient (Wildman–Crippen LogP) is 10.8. The van der Waals surface area contributed by atoms with E-state index >= 15 is 0 Å². The Morgan fingerprint density at radius 3 is 1.51 bits per heavy atom. The number of aliphatic carboxylic acids is 1. The van der Waals surface area contributed by atoms with Crippen LogP contribution in [-0.4, -0.2) is 75.5 Å². The number of hydrogen-bond donors (Lipinski definition) is 0. The summed E-state index contributed by atoms with van der Waals surface area (Å²) in [5.74, 6) is -1.82. The third-order valence-electron chi connectivity index (χ3n) is 9.27. The maximum absolute atomic E-state index is 12.7. The van der Waals surface area contributed by atoms with Crippen LogP contribution in [0.3, 0.4) is 0 Å². The molecule has 0 spiro atoms. The van der Waals surface area contributed by atoms with E-state index in [4.69, 9.17) is 14.2 Å². The van der Waals surface area contributed by atoms with E-state index < -0.39 is 18.1 Å². The van der Waals surface area contributed by atoms with E-state index in [1.165, 1.54) is 25.7 Å². The van der Waals surface area contributed by atoms with Crippen LogP contribution in [0.25, 0.3) is 0 Å². The molecule has 0 amide bonds. The highest BCUT2D eigenvalue weighted by Crippen LogP contribution is 2.12. The van der Waals surface area contributed by atoms with E-state index in [2.05, 4.69) is 98.9 Å². The Bertz CT molecular complexity index is 1200. The van der Waals surface area contributed by atoms with Crippen molar-refractivity contribution in [1.29, 1.82) is 0 Å². The molecule has 0 aliphatic carbocycles. The van der Waals surface area contributed by atoms with Crippen molar-refractivity contribution in [3.8, 4) is 0 Å². The molecule has 324 valence electrons. The lowest BCUT2D eigenvalue weighted by Gasteiger charge is -2.34. The van der Waals surface area contributed by atoms with Crippen molar-refractivity contribution in [1.82, 2.24) is 0 Å². The summed E-state index contributed by atoms with van der Waals surface area (Å²) in [4.78, 5) is 36.8. The molecule has 0 aromatic heterocycles. The van der Waals surface area contributed by atoms with E-state index in [-0.39, 0.29) is 49.1 Å². The van der Waals surface area contributed by atoms with Crippen molar-refractivity contribution in [3.63, 3.8) is 0 Å². The summed E-state index contributed by atoms with van der Waals surface area (Å²) in [5, 5.41) is 11.6. The summed E-state index contributed by atoms with van der Waals surface area (Å²) in [6.07, 6.45) is 50.4. The number of carboxylic acids is 1. The van der Waals surface area contributed by atoms with Crippen LogP contribution in [0.4, 0.5) is 0 Å². The molecule has 0 aliphatic heterocycles. The van der Waals surface area contributed by atoms with Gasteiger partial charge in [0, 0.05) is 19.3 Å². The normalized spacial score (nSPS) is 13.8. The maximum atomic E-state index is 12.7. The standard InChI is InChI=1S/C49H81NO7/c1-6-8-10-12-14-16-18-20-21-22-23-24-25-26-27-28-30-31-33-35-37-39-47(51)56-44-45(43-55-42-41-46(49(53)54)50(3,4)5)57-48(52)40-38-36-34-32-29-19-17-15-13-11-9-7-2/h8,10,14-17,20-21,23-24,26-27,30-31,45-46H,6-7,9,11-13,18-19,22,25,28-29,32-44H2,1-5H3/b10-8+,16-14+,17-15+,21-20+,24-23+,27-26+,31-30+. The third kappa shape index (κ3) is 37.8. The molecule has 0 rings (SSSR count). The van der Waals surface area contributed by atoms with Gasteiger partial charge in [0.25, 0.3) is 0 Å². The number of carbonyl (C=O) groups excluding carboxylic acids is 3. The molecule has 2 atom stereocenters. The highest BCUT2D eigenvalue weighted by molar-refractivity contribution is 5.70. The monoisotopic (exact) mass is 796 g/mol. The van der Waals surface area contributed by atoms with Gasteiger partial charge in [-0.15, -0.1) is 0 Å². The van der Waals surface area contributed by atoms with Crippen LogP contribution in [0, 0.1) is 0 Å². The number of esters is 2. The number of rotatable bonds is 38. The van der Waals surface area contributed by atoms with Crippen LogP contribution < -0.4 is 5.11 Å². The number of likely N-dealkylation sites (N-methyl/N-ethyl adjacent to an activating group) is 1. The Morgan fingerprint density at radius 2 is 0.982 bits per heavy atom. The first kappa shape index (κ1) is 53.5. The lowest BCUT2D eigenvalue weighted by Crippen LogP contribution is -2.55. The Balaban J connectivity index is 4.42. The number of unbranched alkanes of at least 4 members (excludes halogenated alkanes) is 10. The molecule has 0 saturated carbocycles. The SMILES string of the molecule is CC/C=C/C/C=C/C/C=C/C/C=C/C/C=C/C/C=C/CCCCC(=O)OCC(COCCC(C(=O)[O-])[N+](C)(C)C)OC(=O)CCCCCCC/C=C/CCCCC. The zero-order valence-corrected chi connectivity index (χ0v) is 36.7. The lowest BCUT2D eigenvalue weighted by molar-refractivity contribution is -0.889. The Hall–Kier alpha value is -3.49. The zero-order chi connectivity index (χ0) is 42.1. The van der Waals surface area contributed by atoms with Gasteiger partial charge < -0.3 is 28.6 Å². The van der Waals surface area contributed by atoms with Crippen LogP contribution in [-0.2, 0) is 28.6 Å². The zero-order valence-electron chi connectivity index (χ0n) is 36.7. The van der Waals surface area contributed by atoms with E-state index in [0.717, 1.165) is 89.9 Å². The van der Waals surface area contributed by atoms with Crippen LogP contribution in [0.1, 0.15) is 155 Å². The molecule has 2 unspecified atom stereocenters. The van der Waals surface area contributed by atoms with Gasteiger partial charge in [-0.1, -0.05) is 131 Å². The fraction of sp³-hybridized carbons (Fsp3) is 0.653. The fourth-order valence-corrected chi connectivity index (χ4v) is 5.83. The average molecular weight is 796 g/mol. The summed E-state index contributed by atoms with van der Waals surface area (Å²) in [6, 6.07) is -0.737. The molecule has 0 saturated heterocycles. The second-order valence-corrected chi connectivity index (χ2v) is 15.5. The van der Waals surface area contributed by atoms with Gasteiger partial charge in [-0.2, -0.15) is 0 Å². The fourth-order valence-electron chi connectivity index (χ4n) is 5.83. The van der Waals surface area contributed by atoms with Gasteiger partial charge in [0.2, 0.25) is 0 Å². The van der Waals surface area contributed by atoms with Crippen molar-refractivity contribution in [2.45, 2.75) is 167 Å². The second-order valence-electron chi connectivity index (χ2n) is 15.5. The average Bonchev–Trinajstić information content (AvgIpc) is 3.17. The van der Waals surface area contributed by atoms with Crippen molar-refractivity contribution in [3.05, 3.63) is 85.1 Å². The topological polar surface area (TPSA) is 102 Å². The molecular weight excluding hydrogens is 715 g/mol. The van der Waals surface area contributed by atoms with Crippen LogP contribution >= 0.6 is 0 Å². The highest BCUT2D eigenvalue weighted by atomic mass is 16.6. The molecule has 8 nitrogen and oxygen atoms in total. The van der Waals surface area contributed by atoms with Crippen LogP contribution in [0.2, 0.25) is 0 Å². The van der Waals surface area contributed by atoms with Crippen molar-refractivity contribution in [2.24, 2.45) is 0 Å². The third-order valence-corrected chi connectivity index (χ3v) is 9.27. The van der Waals surface area contributed by atoms with E-state index in [0.29, 0.717) is 12.8 Å². The minimum absolute atomic E-state index is 0.0184. The first-order chi connectivity index (χ1) is 27.6. The van der Waals surface area contributed by atoms with E-state index in [1.54, 1.807) is 21.1 Å². The van der Waals surface area contributed by atoms with E-state index in [1.807, 2.05) is 0 Å². The number of nitrogens with zero attached hydrogens (tertiary/aromatic N) is 1. The van der Waals surface area contributed by atoms with E-state index in [9.17, 15) is 19.5 Å². The van der Waals surface area contributed by atoms with Crippen LogP contribution in [0.15, 0.2) is 85.1 Å². The van der Waals surface area contributed by atoms with Crippen molar-refractivity contribution in [2.75, 3.05) is 41.0 Å². The predicted molar refractivity (Wildman–Crippen MR) is 235 cm³/mol. The van der Waals surface area contributed by atoms with Gasteiger partial charge >= 0.3 is 11.9 Å². The number of quaternary nitrogens is 1. The molecule has 0 aromatic carbocycles. The first-order valence-corrected chi connectivity index (χ1v) is 22.1. The van der Waals surface area contributed by atoms with Gasteiger partial charge in [-0.25, -0.2) is 0 Å². The van der Waals surface area contributed by atoms with Crippen molar-refractivity contribution < 1.29 is 38.2 Å². The summed E-state index contributed by atoms with van der Waals surface area (Å²) in [7, 11) is 5.38. The number of carbonyl (C=O) groups is 3. The molecule has 8 heteroatoms. The van der Waals surface area contributed by atoms with Gasteiger partial charge in [0.1, 0.15) is 12.6 Å². The minimum atomic E-state index is -1.14. The minimum Gasteiger partial charge on any atom is -0.544 e. The van der Waals surface area contributed by atoms with Gasteiger partial charge in [0.05, 0.1) is 40.3 Å². The largest absolute Gasteiger partial charge is 0.544 e. The second kappa shape index (κ2) is 39.3. The summed E-state index contributed by atoms with van der Waals surface area (Å²) >= 11 is 0. The first-order valence-electron chi connectivity index (χ1n) is 22.1. The van der Waals surface area contributed by atoms with Gasteiger partial charge in [0.15, 0.2) is 6.10 Å². The summed E-state index contributed by atoms with van der Waals surface area (Å²) < 4.78 is 17.1. The molecule has 0 bridgehead atoms. The Kier molecular flexibility index (Phi) is 36.9. The lowest BCUT2D eigenvalue weighted by atomic mass is 10.1. The molecule has 0 aliphatic rings. The molecule has 0 fully saturated rings. The quantitative estimate of drug-likeness (QED) is 0.0265. The smallest absolute Gasteiger partial charge is 0.306 e. The highest BCUT2D eigenvalue weighted by Gasteiger charge is 2.25. The number of allylic oxidation sites excluding steroid dienone is 14. The van der Waals surface area contributed by atoms with Crippen LogP contribution in [0.5, 0.6) is 0 Å². The molecule has 0 N–H and O–H groups in total. The number of carboxylic acid groups (broad SMARTS) is 1. The molecule has 57 heavy (non-hydrogen) atoms. The molecule has 0 heterocycles. The maximum Gasteiger partial charge on any atom is 0.306 e. The van der Waals surface area contributed by atoms with Gasteiger partial charge in [-0.3, -0.25) is 9.59 Å². The molecule has 0 aromatic rings. The number of hydrogen-bond acceptors (Lipinski definition) is 7. The van der Waals surface area contributed by atoms with Crippen molar-refractivity contribution >= 4 is 17.9 Å². The Morgan fingerprint density at radius 1 is 0.544 bits per heavy atom. The number of ether oxygens (including phenoxy) is 3. The molecular formula is C49H81NO7. The molecule has 0 radical (unpaired) electrons. The summed E-state index contributed by atoms with van der Waals surface area (Å²) in [6.45, 7) is 4.44. The summed E-state index contributed by atoms with van der Waals surface area (Å²) in [5.41, 5.74) is 0. The Labute approximate surface area is 348 Å².